The van der Waals surface area contributed by atoms with E-state index in [2.05, 4.69) is 9.97 Å². The molecule has 1 rings (SSSR count). The average molecular weight is 193 g/mol. The van der Waals surface area contributed by atoms with E-state index in [1.807, 2.05) is 13.8 Å². The largest absolute Gasteiger partial charge is 0.329 e. The molecule has 0 saturated heterocycles. The second-order valence-corrected chi connectivity index (χ2v) is 3.54. The zero-order valence-electron chi connectivity index (χ0n) is 8.53. The van der Waals surface area contributed by atoms with Gasteiger partial charge in [0, 0.05) is 24.4 Å². The smallest absolute Gasteiger partial charge is 0.189 e. The van der Waals surface area contributed by atoms with Crippen LogP contribution in [-0.4, -0.2) is 22.3 Å². The Labute approximate surface area is 83.6 Å². The maximum atomic E-state index is 11.9. The first-order chi connectivity index (χ1) is 6.64. The molecule has 1 aromatic rings. The molecule has 4 nitrogen and oxygen atoms in total. The van der Waals surface area contributed by atoms with Crippen LogP contribution in [-0.2, 0) is 0 Å². The number of hydrogen-bond acceptors (Lipinski definition) is 4. The van der Waals surface area contributed by atoms with Crippen molar-refractivity contribution in [2.45, 2.75) is 20.3 Å². The summed E-state index contributed by atoms with van der Waals surface area (Å²) < 4.78 is 0. The van der Waals surface area contributed by atoms with E-state index in [4.69, 9.17) is 5.73 Å². The zero-order valence-corrected chi connectivity index (χ0v) is 8.53. The van der Waals surface area contributed by atoms with Gasteiger partial charge in [-0.1, -0.05) is 13.8 Å². The molecule has 0 aliphatic heterocycles. The lowest BCUT2D eigenvalue weighted by atomic mass is 9.82. The highest BCUT2D eigenvalue weighted by Crippen LogP contribution is 2.23. The van der Waals surface area contributed by atoms with Crippen LogP contribution in [0.3, 0.4) is 0 Å². The van der Waals surface area contributed by atoms with Gasteiger partial charge in [0.05, 0.1) is 6.20 Å². The van der Waals surface area contributed by atoms with Gasteiger partial charge < -0.3 is 5.73 Å². The van der Waals surface area contributed by atoms with E-state index in [0.717, 1.165) is 0 Å². The maximum absolute atomic E-state index is 11.9. The Hall–Kier alpha value is -1.29. The second-order valence-electron chi connectivity index (χ2n) is 3.54. The van der Waals surface area contributed by atoms with Crippen LogP contribution < -0.4 is 5.73 Å². The lowest BCUT2D eigenvalue weighted by molar-refractivity contribution is 0.0814. The maximum Gasteiger partial charge on any atom is 0.189 e. The summed E-state index contributed by atoms with van der Waals surface area (Å²) in [5.74, 6) is -0.0319. The average Bonchev–Trinajstić information content (AvgIpc) is 2.28. The number of carbonyl (C=O) groups is 1. The van der Waals surface area contributed by atoms with Gasteiger partial charge in [-0.05, 0) is 6.42 Å². The number of ketones is 1. The molecule has 1 heterocycles. The third kappa shape index (κ3) is 1.96. The number of hydrogen-bond donors (Lipinski definition) is 1. The molecule has 0 radical (unpaired) electrons. The highest BCUT2D eigenvalue weighted by molar-refractivity contribution is 5.98. The van der Waals surface area contributed by atoms with E-state index in [-0.39, 0.29) is 5.78 Å². The number of aromatic nitrogens is 2. The summed E-state index contributed by atoms with van der Waals surface area (Å²) in [6, 6.07) is 0. The standard InChI is InChI=1S/C10H15N3O/c1-3-10(2,7-11)9(14)8-6-12-4-5-13-8/h4-6H,3,7,11H2,1-2H3. The van der Waals surface area contributed by atoms with Crippen LogP contribution >= 0.6 is 0 Å². The van der Waals surface area contributed by atoms with E-state index in [0.29, 0.717) is 18.7 Å². The predicted molar refractivity (Wildman–Crippen MR) is 53.8 cm³/mol. The third-order valence-corrected chi connectivity index (χ3v) is 2.57. The first-order valence-electron chi connectivity index (χ1n) is 4.65. The molecule has 1 aromatic heterocycles. The molecular formula is C10H15N3O. The third-order valence-electron chi connectivity index (χ3n) is 2.57. The summed E-state index contributed by atoms with van der Waals surface area (Å²) in [7, 11) is 0. The van der Waals surface area contributed by atoms with E-state index < -0.39 is 5.41 Å². The summed E-state index contributed by atoms with van der Waals surface area (Å²) in [5.41, 5.74) is 5.46. The molecule has 0 saturated carbocycles. The molecule has 1 atom stereocenters. The van der Waals surface area contributed by atoms with Crippen LogP contribution in [0.2, 0.25) is 0 Å². The molecule has 14 heavy (non-hydrogen) atoms. The van der Waals surface area contributed by atoms with Crippen LogP contribution in [0.4, 0.5) is 0 Å². The SMILES string of the molecule is CCC(C)(CN)C(=O)c1cnccn1. The monoisotopic (exact) mass is 193 g/mol. The Bertz CT molecular complexity index is 306. The van der Waals surface area contributed by atoms with Crippen LogP contribution in [0.1, 0.15) is 30.8 Å². The molecule has 1 unspecified atom stereocenters. The topological polar surface area (TPSA) is 68.9 Å². The zero-order chi connectivity index (χ0) is 10.6. The van der Waals surface area contributed by atoms with Gasteiger partial charge in [-0.15, -0.1) is 0 Å². The van der Waals surface area contributed by atoms with Crippen molar-refractivity contribution in [3.63, 3.8) is 0 Å². The van der Waals surface area contributed by atoms with Crippen molar-refractivity contribution in [2.24, 2.45) is 11.1 Å². The Balaban J connectivity index is 2.95. The van der Waals surface area contributed by atoms with Gasteiger partial charge in [0.1, 0.15) is 5.69 Å². The first-order valence-corrected chi connectivity index (χ1v) is 4.65. The van der Waals surface area contributed by atoms with Crippen molar-refractivity contribution < 1.29 is 4.79 Å². The molecule has 0 bridgehead atoms. The fraction of sp³-hybridized carbons (Fsp3) is 0.500. The van der Waals surface area contributed by atoms with Crippen molar-refractivity contribution in [3.8, 4) is 0 Å². The predicted octanol–water partition coefficient (Wildman–Crippen LogP) is 1.03. The quantitative estimate of drug-likeness (QED) is 0.725. The minimum Gasteiger partial charge on any atom is -0.329 e. The van der Waals surface area contributed by atoms with Crippen molar-refractivity contribution in [1.29, 1.82) is 0 Å². The number of carbonyl (C=O) groups excluding carboxylic acids is 1. The molecule has 0 amide bonds. The van der Waals surface area contributed by atoms with Gasteiger partial charge in [0.15, 0.2) is 5.78 Å². The summed E-state index contributed by atoms with van der Waals surface area (Å²) in [5, 5.41) is 0. The highest BCUT2D eigenvalue weighted by Gasteiger charge is 2.31. The van der Waals surface area contributed by atoms with E-state index in [1.165, 1.54) is 12.4 Å². The van der Waals surface area contributed by atoms with Crippen molar-refractivity contribution in [3.05, 3.63) is 24.3 Å². The molecule has 0 aromatic carbocycles. The van der Waals surface area contributed by atoms with Crippen LogP contribution in [0.25, 0.3) is 0 Å². The van der Waals surface area contributed by atoms with Gasteiger partial charge >= 0.3 is 0 Å². The van der Waals surface area contributed by atoms with Gasteiger partial charge in [-0.2, -0.15) is 0 Å². The number of nitrogens with zero attached hydrogens (tertiary/aromatic N) is 2. The summed E-state index contributed by atoms with van der Waals surface area (Å²) >= 11 is 0. The van der Waals surface area contributed by atoms with Crippen molar-refractivity contribution in [1.82, 2.24) is 9.97 Å². The highest BCUT2D eigenvalue weighted by atomic mass is 16.1. The molecule has 0 aliphatic carbocycles. The lowest BCUT2D eigenvalue weighted by Crippen LogP contribution is -2.35. The molecule has 4 heteroatoms. The minimum atomic E-state index is -0.518. The molecule has 0 fully saturated rings. The summed E-state index contributed by atoms with van der Waals surface area (Å²) in [6.07, 6.45) is 5.24. The van der Waals surface area contributed by atoms with Crippen LogP contribution in [0.15, 0.2) is 18.6 Å². The van der Waals surface area contributed by atoms with Gasteiger partial charge in [-0.25, -0.2) is 4.98 Å². The molecular weight excluding hydrogens is 178 g/mol. The minimum absolute atomic E-state index is 0.0319. The summed E-state index contributed by atoms with van der Waals surface area (Å²) in [4.78, 5) is 19.8. The van der Waals surface area contributed by atoms with Crippen molar-refractivity contribution in [2.75, 3.05) is 6.54 Å². The fourth-order valence-electron chi connectivity index (χ4n) is 1.12. The lowest BCUT2D eigenvalue weighted by Gasteiger charge is -2.23. The van der Waals surface area contributed by atoms with E-state index >= 15 is 0 Å². The number of nitrogens with two attached hydrogens (primary N) is 1. The van der Waals surface area contributed by atoms with Crippen molar-refractivity contribution >= 4 is 5.78 Å². The fourth-order valence-corrected chi connectivity index (χ4v) is 1.12. The Kier molecular flexibility index (Phi) is 3.30. The van der Waals surface area contributed by atoms with Crippen LogP contribution in [0, 0.1) is 5.41 Å². The number of rotatable bonds is 4. The van der Waals surface area contributed by atoms with E-state index in [1.54, 1.807) is 6.20 Å². The van der Waals surface area contributed by atoms with Gasteiger partial charge in [0.2, 0.25) is 0 Å². The first kappa shape index (κ1) is 10.8. The van der Waals surface area contributed by atoms with E-state index in [9.17, 15) is 4.79 Å². The van der Waals surface area contributed by atoms with Gasteiger partial charge in [-0.3, -0.25) is 9.78 Å². The number of Topliss-reactive ketones (excluding diaryl/α,β-unsaturated/α-hetero) is 1. The Morgan fingerprint density at radius 3 is 2.71 bits per heavy atom. The van der Waals surface area contributed by atoms with Crippen LogP contribution in [0.5, 0.6) is 0 Å². The molecule has 76 valence electrons. The molecule has 0 aliphatic rings. The Morgan fingerprint density at radius 2 is 2.29 bits per heavy atom. The van der Waals surface area contributed by atoms with Gasteiger partial charge in [0.25, 0.3) is 0 Å². The summed E-state index contributed by atoms with van der Waals surface area (Å²) in [6.45, 7) is 4.13. The normalized spacial score (nSPS) is 14.8. The molecule has 0 spiro atoms. The molecule has 2 N–H and O–H groups in total. The second kappa shape index (κ2) is 4.28. The Morgan fingerprint density at radius 1 is 1.57 bits per heavy atom.